The Bertz CT molecular complexity index is 473. The van der Waals surface area contributed by atoms with Crippen molar-refractivity contribution in [1.82, 2.24) is 5.01 Å². The van der Waals surface area contributed by atoms with Gasteiger partial charge in [0.1, 0.15) is 0 Å². The minimum atomic E-state index is -0.948. The first kappa shape index (κ1) is 14.9. The van der Waals surface area contributed by atoms with E-state index in [0.29, 0.717) is 12.1 Å². The van der Waals surface area contributed by atoms with Gasteiger partial charge in [-0.1, -0.05) is 19.4 Å². The Morgan fingerprint density at radius 3 is 2.84 bits per heavy atom. The first-order valence-corrected chi connectivity index (χ1v) is 6.06. The molecule has 0 amide bonds. The summed E-state index contributed by atoms with van der Waals surface area (Å²) in [6.07, 6.45) is 0.788. The molecular weight excluding hydrogens is 248 g/mol. The lowest BCUT2D eigenvalue weighted by Gasteiger charge is -2.18. The highest BCUT2D eigenvalue weighted by atomic mass is 16.3. The van der Waals surface area contributed by atoms with Gasteiger partial charge in [0.2, 0.25) is 11.1 Å². The summed E-state index contributed by atoms with van der Waals surface area (Å²) in [6, 6.07) is 4.17. The van der Waals surface area contributed by atoms with E-state index in [1.807, 2.05) is 6.92 Å². The lowest BCUT2D eigenvalue weighted by atomic mass is 10.1. The smallest absolute Gasteiger partial charge is 0.426 e. The van der Waals surface area contributed by atoms with Crippen molar-refractivity contribution in [2.24, 2.45) is 5.29 Å². The van der Waals surface area contributed by atoms with Gasteiger partial charge in [-0.05, 0) is 18.1 Å². The first-order chi connectivity index (χ1) is 9.12. The molecule has 0 unspecified atom stereocenters. The summed E-state index contributed by atoms with van der Waals surface area (Å²) >= 11 is 0. The Balaban J connectivity index is 2.74. The molecular formula is C12H17N4O3+. The standard InChI is InChI=1S/C12H16N4O3/c1-2-3-6-16(15-19)8-12(18)9-4-5-11(17)10(7-9)14-13/h4-5,7,12,18H,2-3,6,8H2,1H3/p+1/t12-/m1/s1. The molecule has 1 rings (SSSR count). The van der Waals surface area contributed by atoms with Crippen molar-refractivity contribution in [2.75, 3.05) is 13.1 Å². The van der Waals surface area contributed by atoms with Crippen LogP contribution in [-0.2, 0) is 0 Å². The molecule has 0 saturated heterocycles. The molecule has 0 aliphatic rings. The van der Waals surface area contributed by atoms with Crippen molar-refractivity contribution in [2.45, 2.75) is 25.9 Å². The molecule has 0 aliphatic carbocycles. The van der Waals surface area contributed by atoms with Crippen LogP contribution in [0.1, 0.15) is 31.4 Å². The lowest BCUT2D eigenvalue weighted by molar-refractivity contribution is 0.113. The zero-order valence-corrected chi connectivity index (χ0v) is 10.7. The van der Waals surface area contributed by atoms with Gasteiger partial charge in [0.05, 0.1) is 17.9 Å². The molecule has 7 nitrogen and oxygen atoms in total. The van der Waals surface area contributed by atoms with Gasteiger partial charge in [-0.2, -0.15) is 0 Å². The number of aliphatic hydroxyl groups is 1. The molecule has 1 atom stereocenters. The number of phenols is 1. The average molecular weight is 265 g/mol. The molecule has 7 heteroatoms. The van der Waals surface area contributed by atoms with Crippen LogP contribution in [0.4, 0.5) is 5.69 Å². The third-order valence-electron chi connectivity index (χ3n) is 2.76. The Kier molecular flexibility index (Phi) is 5.70. The summed E-state index contributed by atoms with van der Waals surface area (Å²) in [4.78, 5) is 13.5. The molecule has 0 aromatic heterocycles. The zero-order valence-electron chi connectivity index (χ0n) is 10.7. The molecule has 102 valence electrons. The second kappa shape index (κ2) is 7.28. The summed E-state index contributed by atoms with van der Waals surface area (Å²) in [5.41, 5.74) is 0.409. The van der Waals surface area contributed by atoms with Gasteiger partial charge >= 0.3 is 5.69 Å². The van der Waals surface area contributed by atoms with Crippen molar-refractivity contribution in [3.63, 3.8) is 0 Å². The van der Waals surface area contributed by atoms with Crippen LogP contribution >= 0.6 is 0 Å². The molecule has 19 heavy (non-hydrogen) atoms. The zero-order chi connectivity index (χ0) is 14.3. The molecule has 0 saturated carbocycles. The van der Waals surface area contributed by atoms with Crippen LogP contribution in [-0.4, -0.2) is 28.3 Å². The largest absolute Gasteiger partial charge is 0.501 e. The summed E-state index contributed by atoms with van der Waals surface area (Å²) in [6.45, 7) is 2.53. The van der Waals surface area contributed by atoms with Gasteiger partial charge in [0.25, 0.3) is 0 Å². The average Bonchev–Trinajstić information content (AvgIpc) is 2.43. The number of hydrogen-bond donors (Lipinski definition) is 2. The number of aromatic hydroxyl groups is 1. The molecule has 0 fully saturated rings. The fourth-order valence-corrected chi connectivity index (χ4v) is 1.64. The van der Waals surface area contributed by atoms with Crippen molar-refractivity contribution in [1.29, 1.82) is 5.39 Å². The second-order valence-corrected chi connectivity index (χ2v) is 4.21. The highest BCUT2D eigenvalue weighted by Gasteiger charge is 2.19. The van der Waals surface area contributed by atoms with Crippen LogP contribution in [0.2, 0.25) is 0 Å². The fraction of sp³-hybridized carbons (Fsp3) is 0.500. The molecule has 0 heterocycles. The molecule has 0 aliphatic heterocycles. The van der Waals surface area contributed by atoms with Crippen molar-refractivity contribution >= 4 is 5.69 Å². The minimum absolute atomic E-state index is 0.0317. The van der Waals surface area contributed by atoms with Crippen LogP contribution in [0.25, 0.3) is 4.98 Å². The molecule has 0 radical (unpaired) electrons. The summed E-state index contributed by atoms with van der Waals surface area (Å²) in [7, 11) is 0. The van der Waals surface area contributed by atoms with Crippen LogP contribution in [0.15, 0.2) is 23.5 Å². The maximum atomic E-state index is 10.6. The summed E-state index contributed by atoms with van der Waals surface area (Å²) < 4.78 is 0. The molecule has 1 aromatic rings. The quantitative estimate of drug-likeness (QED) is 0.448. The lowest BCUT2D eigenvalue weighted by Crippen LogP contribution is -2.24. The predicted molar refractivity (Wildman–Crippen MR) is 70.1 cm³/mol. The predicted octanol–water partition coefficient (Wildman–Crippen LogP) is 2.69. The van der Waals surface area contributed by atoms with E-state index in [-0.39, 0.29) is 18.0 Å². The van der Waals surface area contributed by atoms with E-state index < -0.39 is 6.10 Å². The van der Waals surface area contributed by atoms with Gasteiger partial charge in [-0.3, -0.25) is 5.01 Å². The Hall–Kier alpha value is -2.20. The van der Waals surface area contributed by atoms with E-state index in [4.69, 9.17) is 5.39 Å². The topological polar surface area (TPSA) is 101 Å². The van der Waals surface area contributed by atoms with E-state index in [0.717, 1.165) is 12.8 Å². The number of diazo groups is 1. The summed E-state index contributed by atoms with van der Waals surface area (Å²) in [5.74, 6) is -0.185. The maximum Gasteiger partial charge on any atom is 0.426 e. The van der Waals surface area contributed by atoms with Crippen molar-refractivity contribution in [3.05, 3.63) is 33.6 Å². The van der Waals surface area contributed by atoms with Gasteiger partial charge in [-0.25, -0.2) is 0 Å². The number of nitroso groups, excluding NO2 is 1. The van der Waals surface area contributed by atoms with E-state index in [9.17, 15) is 15.1 Å². The van der Waals surface area contributed by atoms with Gasteiger partial charge in [-0.15, -0.1) is 4.91 Å². The third kappa shape index (κ3) is 4.19. The number of unbranched alkanes of at least 4 members (excludes halogenated alkanes) is 1. The fourth-order valence-electron chi connectivity index (χ4n) is 1.64. The highest BCUT2D eigenvalue weighted by Crippen LogP contribution is 2.29. The van der Waals surface area contributed by atoms with Crippen LogP contribution in [0, 0.1) is 10.3 Å². The highest BCUT2D eigenvalue weighted by molar-refractivity contribution is 5.57. The van der Waals surface area contributed by atoms with E-state index in [1.54, 1.807) is 0 Å². The Morgan fingerprint density at radius 2 is 2.26 bits per heavy atom. The number of rotatable bonds is 7. The summed E-state index contributed by atoms with van der Waals surface area (Å²) in [5, 5.41) is 32.1. The van der Waals surface area contributed by atoms with Crippen molar-refractivity contribution < 1.29 is 10.2 Å². The normalized spacial score (nSPS) is 11.6. The number of aliphatic hydroxyl groups excluding tert-OH is 1. The number of benzene rings is 1. The second-order valence-electron chi connectivity index (χ2n) is 4.21. The minimum Gasteiger partial charge on any atom is -0.501 e. The Labute approximate surface area is 111 Å². The van der Waals surface area contributed by atoms with Crippen LogP contribution in [0.3, 0.4) is 0 Å². The molecule has 1 aromatic carbocycles. The van der Waals surface area contributed by atoms with E-state index >= 15 is 0 Å². The maximum absolute atomic E-state index is 10.6. The molecule has 0 bridgehead atoms. The Morgan fingerprint density at radius 1 is 1.53 bits per heavy atom. The van der Waals surface area contributed by atoms with E-state index in [2.05, 4.69) is 10.3 Å². The molecule has 2 N–H and O–H groups in total. The van der Waals surface area contributed by atoms with Crippen LogP contribution < -0.4 is 0 Å². The first-order valence-electron chi connectivity index (χ1n) is 6.06. The third-order valence-corrected chi connectivity index (χ3v) is 2.76. The number of hydrogen-bond acceptors (Lipinski definition) is 5. The SMILES string of the molecule is CCCCN(C[C@@H](O)c1ccc(O)c([N+]#N)c1)N=O. The monoisotopic (exact) mass is 265 g/mol. The van der Waals surface area contributed by atoms with Crippen LogP contribution in [0.5, 0.6) is 5.75 Å². The van der Waals surface area contributed by atoms with Gasteiger partial charge < -0.3 is 10.2 Å². The van der Waals surface area contributed by atoms with E-state index in [1.165, 1.54) is 23.2 Å². The van der Waals surface area contributed by atoms with Gasteiger partial charge in [0, 0.05) is 12.6 Å². The van der Waals surface area contributed by atoms with Crippen molar-refractivity contribution in [3.8, 4) is 5.75 Å². The number of nitrogens with zero attached hydrogens (tertiary/aromatic N) is 4. The van der Waals surface area contributed by atoms with Gasteiger partial charge in [0.15, 0.2) is 4.98 Å². The molecule has 0 spiro atoms. The number of phenolic OH excluding ortho intramolecular Hbond substituents is 1.